The summed E-state index contributed by atoms with van der Waals surface area (Å²) < 4.78 is 7.19. The molecule has 0 radical (unpaired) electrons. The van der Waals surface area contributed by atoms with E-state index >= 15 is 0 Å². The van der Waals surface area contributed by atoms with Crippen molar-refractivity contribution in [1.29, 1.82) is 0 Å². The normalized spacial score (nSPS) is 24.8. The van der Waals surface area contributed by atoms with Crippen LogP contribution in [-0.4, -0.2) is 46.8 Å². The smallest absolute Gasteiger partial charge is 0.488 e. The number of benzene rings is 2. The molecular weight excluding hydrogens is 561 g/mol. The zero-order valence-electron chi connectivity index (χ0n) is 22.1. The van der Waals surface area contributed by atoms with Gasteiger partial charge in [-0.15, -0.1) is 0 Å². The molecule has 39 heavy (non-hydrogen) atoms. The summed E-state index contributed by atoms with van der Waals surface area (Å²) in [7, 11) is -1.68. The fourth-order valence-corrected chi connectivity index (χ4v) is 6.85. The van der Waals surface area contributed by atoms with E-state index in [1.54, 1.807) is 24.3 Å². The first-order valence-electron chi connectivity index (χ1n) is 13.5. The summed E-state index contributed by atoms with van der Waals surface area (Å²) in [6.07, 6.45) is 5.93. The second kappa shape index (κ2) is 11.4. The van der Waals surface area contributed by atoms with Gasteiger partial charge in [-0.2, -0.15) is 0 Å². The third kappa shape index (κ3) is 5.37. The number of phenolic OH excluding ortho intramolecular Hbond substituents is 1. The summed E-state index contributed by atoms with van der Waals surface area (Å²) in [4.78, 5) is 28.3. The Bertz CT molecular complexity index is 1350. The minimum absolute atomic E-state index is 0.114. The van der Waals surface area contributed by atoms with Crippen molar-refractivity contribution in [2.75, 3.05) is 11.5 Å². The Labute approximate surface area is 237 Å². The van der Waals surface area contributed by atoms with Gasteiger partial charge in [0.25, 0.3) is 0 Å². The second-order valence-corrected chi connectivity index (χ2v) is 11.7. The molecule has 2 fully saturated rings. The van der Waals surface area contributed by atoms with Crippen molar-refractivity contribution in [2.45, 2.75) is 52.1 Å². The number of amides is 2. The molecule has 2 aromatic rings. The van der Waals surface area contributed by atoms with Gasteiger partial charge < -0.3 is 19.9 Å². The maximum atomic E-state index is 13.7. The number of fused-ring (bicyclic) bond motifs is 3. The number of carbonyl (C=O) groups excluding carboxylic acids is 2. The molecule has 0 spiro atoms. The van der Waals surface area contributed by atoms with Crippen molar-refractivity contribution in [1.82, 2.24) is 0 Å². The molecule has 3 aliphatic rings. The highest BCUT2D eigenvalue weighted by Crippen LogP contribution is 2.50. The third-order valence-electron chi connectivity index (χ3n) is 8.23. The van der Waals surface area contributed by atoms with E-state index in [0.717, 1.165) is 46.9 Å². The van der Waals surface area contributed by atoms with Crippen molar-refractivity contribution in [2.24, 2.45) is 17.8 Å². The van der Waals surface area contributed by atoms with E-state index in [0.29, 0.717) is 18.7 Å². The summed E-state index contributed by atoms with van der Waals surface area (Å²) in [6, 6.07) is 11.7. The number of hydrogen-bond acceptors (Lipinski definition) is 6. The second-order valence-electron chi connectivity index (χ2n) is 10.8. The Morgan fingerprint density at radius 3 is 2.67 bits per heavy atom. The van der Waals surface area contributed by atoms with Crippen LogP contribution in [0.15, 0.2) is 63.7 Å². The van der Waals surface area contributed by atoms with Crippen molar-refractivity contribution >= 4 is 52.1 Å². The standard InChI is InChI=1S/C30H33BBrNO6/c1-3-5-18(13-19-14-21(32)9-10-25(19)34)8-11-26-27-17(2)12-23-28(24(27)16-39-26)30(36)33(29(23)35)22-7-4-6-20(15-22)31(37)38/h4,6-7,9-10,13-15,23-24,26,28,34,37-38H,3,5,8,11-12,16H2,1-2H3/b18-13+/t23-,24+,26-,28-/m1/s1. The molecule has 0 bridgehead atoms. The van der Waals surface area contributed by atoms with Crippen molar-refractivity contribution in [3.05, 3.63) is 69.2 Å². The number of aromatic hydroxyl groups is 1. The van der Waals surface area contributed by atoms with Crippen LogP contribution in [0.4, 0.5) is 5.69 Å². The van der Waals surface area contributed by atoms with Crippen LogP contribution in [0.1, 0.15) is 51.5 Å². The number of anilines is 1. The molecule has 2 heterocycles. The lowest BCUT2D eigenvalue weighted by Gasteiger charge is -2.30. The summed E-state index contributed by atoms with van der Waals surface area (Å²) in [6.45, 7) is 4.59. The van der Waals surface area contributed by atoms with Crippen LogP contribution in [0.5, 0.6) is 5.75 Å². The average molecular weight is 594 g/mol. The van der Waals surface area contributed by atoms with E-state index in [1.165, 1.54) is 16.5 Å². The highest BCUT2D eigenvalue weighted by atomic mass is 79.9. The summed E-state index contributed by atoms with van der Waals surface area (Å²) in [5.41, 5.74) is 4.88. The predicted molar refractivity (Wildman–Crippen MR) is 154 cm³/mol. The van der Waals surface area contributed by atoms with E-state index in [9.17, 15) is 24.7 Å². The molecule has 2 aliphatic heterocycles. The Kier molecular flexibility index (Phi) is 8.15. The van der Waals surface area contributed by atoms with Crippen molar-refractivity contribution in [3.8, 4) is 5.75 Å². The molecule has 0 saturated carbocycles. The van der Waals surface area contributed by atoms with Crippen molar-refractivity contribution < 1.29 is 29.5 Å². The largest absolute Gasteiger partial charge is 0.507 e. The minimum atomic E-state index is -1.68. The van der Waals surface area contributed by atoms with Gasteiger partial charge in [-0.05, 0) is 74.0 Å². The third-order valence-corrected chi connectivity index (χ3v) is 8.72. The first kappa shape index (κ1) is 27.8. The first-order valence-corrected chi connectivity index (χ1v) is 14.3. The molecule has 2 amide bonds. The van der Waals surface area contributed by atoms with Crippen LogP contribution in [-0.2, 0) is 14.3 Å². The number of carbonyl (C=O) groups is 2. The predicted octanol–water partition coefficient (Wildman–Crippen LogP) is 4.34. The molecule has 2 aromatic carbocycles. The molecule has 7 nitrogen and oxygen atoms in total. The zero-order chi connectivity index (χ0) is 27.8. The van der Waals surface area contributed by atoms with Gasteiger partial charge >= 0.3 is 7.12 Å². The number of nitrogens with zero attached hydrogens (tertiary/aromatic N) is 1. The Morgan fingerprint density at radius 2 is 1.92 bits per heavy atom. The maximum absolute atomic E-state index is 13.7. The molecule has 0 aromatic heterocycles. The van der Waals surface area contributed by atoms with Gasteiger partial charge in [0, 0.05) is 16.0 Å². The average Bonchev–Trinajstić information content (AvgIpc) is 3.43. The fourth-order valence-electron chi connectivity index (χ4n) is 6.48. The monoisotopic (exact) mass is 593 g/mol. The first-order chi connectivity index (χ1) is 18.7. The Balaban J connectivity index is 1.35. The topological polar surface area (TPSA) is 107 Å². The molecule has 1 aliphatic carbocycles. The zero-order valence-corrected chi connectivity index (χ0v) is 23.7. The van der Waals surface area contributed by atoms with Crippen LogP contribution >= 0.6 is 15.9 Å². The fraction of sp³-hybridized carbons (Fsp3) is 0.400. The summed E-state index contributed by atoms with van der Waals surface area (Å²) in [5, 5.41) is 29.5. The molecular formula is C30H33BBrNO6. The van der Waals surface area contributed by atoms with Crippen molar-refractivity contribution in [3.63, 3.8) is 0 Å². The summed E-state index contributed by atoms with van der Waals surface area (Å²) in [5.74, 6) is -1.30. The lowest BCUT2D eigenvalue weighted by atomic mass is 9.70. The van der Waals surface area contributed by atoms with Gasteiger partial charge in [0.15, 0.2) is 0 Å². The van der Waals surface area contributed by atoms with Gasteiger partial charge in [0.1, 0.15) is 5.75 Å². The van der Waals surface area contributed by atoms with E-state index in [2.05, 4.69) is 28.9 Å². The lowest BCUT2D eigenvalue weighted by Crippen LogP contribution is -2.35. The molecule has 2 saturated heterocycles. The number of hydrogen-bond donors (Lipinski definition) is 3. The van der Waals surface area contributed by atoms with Crippen LogP contribution in [0.3, 0.4) is 0 Å². The van der Waals surface area contributed by atoms with Gasteiger partial charge in [-0.25, -0.2) is 0 Å². The van der Waals surface area contributed by atoms with Crippen LogP contribution in [0.25, 0.3) is 6.08 Å². The number of phenols is 1. The lowest BCUT2D eigenvalue weighted by molar-refractivity contribution is -0.122. The van der Waals surface area contributed by atoms with Gasteiger partial charge in [0.2, 0.25) is 11.8 Å². The minimum Gasteiger partial charge on any atom is -0.507 e. The SMILES string of the molecule is CCC/C(=C\c1cc(Br)ccc1O)CC[C@H]1OC[C@H]2C1=C(C)C[C@H]1C(=O)N(c3cccc(B(O)O)c3)C(=O)[C@H]12. The number of allylic oxidation sites excluding steroid dienone is 2. The number of imide groups is 1. The molecule has 204 valence electrons. The molecule has 5 rings (SSSR count). The van der Waals surface area contributed by atoms with Gasteiger partial charge in [0.05, 0.1) is 30.2 Å². The number of halogens is 1. The van der Waals surface area contributed by atoms with Gasteiger partial charge in [-0.1, -0.05) is 58.6 Å². The van der Waals surface area contributed by atoms with E-state index in [-0.39, 0.29) is 35.0 Å². The Hall–Kier alpha value is -2.72. The van der Waals surface area contributed by atoms with E-state index in [1.807, 2.05) is 19.1 Å². The maximum Gasteiger partial charge on any atom is 0.488 e. The molecule has 9 heteroatoms. The van der Waals surface area contributed by atoms with E-state index < -0.39 is 19.0 Å². The molecule has 4 atom stereocenters. The number of rotatable bonds is 8. The van der Waals surface area contributed by atoms with Crippen LogP contribution in [0.2, 0.25) is 0 Å². The summed E-state index contributed by atoms with van der Waals surface area (Å²) >= 11 is 3.48. The highest BCUT2D eigenvalue weighted by Gasteiger charge is 2.56. The van der Waals surface area contributed by atoms with Gasteiger partial charge in [-0.3, -0.25) is 14.5 Å². The van der Waals surface area contributed by atoms with Crippen LogP contribution < -0.4 is 10.4 Å². The Morgan fingerprint density at radius 1 is 1.13 bits per heavy atom. The highest BCUT2D eigenvalue weighted by molar-refractivity contribution is 9.10. The number of ether oxygens (including phenoxy) is 1. The molecule has 0 unspecified atom stereocenters. The molecule has 3 N–H and O–H groups in total. The van der Waals surface area contributed by atoms with Crippen LogP contribution in [0, 0.1) is 17.8 Å². The van der Waals surface area contributed by atoms with E-state index in [4.69, 9.17) is 4.74 Å². The quantitative estimate of drug-likeness (QED) is 0.239.